The van der Waals surface area contributed by atoms with Crippen LogP contribution in [0.25, 0.3) is 0 Å². The smallest absolute Gasteiger partial charge is 0.226 e. The highest BCUT2D eigenvalue weighted by Gasteiger charge is 2.09. The minimum Gasteiger partial charge on any atom is -1.00 e. The lowest BCUT2D eigenvalue weighted by molar-refractivity contribution is -0.0000138. The Hall–Kier alpha value is -2.01. The third kappa shape index (κ3) is 8.58. The number of hydrogen-bond acceptors (Lipinski definition) is 4. The molecule has 0 aliphatic heterocycles. The summed E-state index contributed by atoms with van der Waals surface area (Å²) in [6, 6.07) is 15.9. The highest BCUT2D eigenvalue weighted by atomic mass is 35.5. The summed E-state index contributed by atoms with van der Waals surface area (Å²) in [5.74, 6) is 0.580. The van der Waals surface area contributed by atoms with Crippen molar-refractivity contribution in [3.63, 3.8) is 0 Å². The van der Waals surface area contributed by atoms with Gasteiger partial charge in [0.2, 0.25) is 6.10 Å². The number of carbonyl (C=O) groups excluding carboxylic acids is 1. The standard InChI is InChI=1S/C16H15O3.C3H9N.ClH/c1-12(17)11-19-15-9-7-14(8-10-15)16(18)13-5-3-2-4-6-13;1-4(2)3;/h2-10,12,17H,1,11H2;1-3H3;1H/q+1;;/p-1. The van der Waals surface area contributed by atoms with Gasteiger partial charge in [-0.1, -0.05) is 30.3 Å². The minimum atomic E-state index is -0.759. The van der Waals surface area contributed by atoms with Crippen LogP contribution >= 0.6 is 0 Å². The lowest BCUT2D eigenvalue weighted by atomic mass is 10.0. The number of aliphatic hydroxyl groups is 1. The van der Waals surface area contributed by atoms with Crippen LogP contribution in [0.1, 0.15) is 15.9 Å². The monoisotopic (exact) mass is 349 g/mol. The first-order valence-electron chi connectivity index (χ1n) is 7.35. The third-order valence-electron chi connectivity index (χ3n) is 2.59. The van der Waals surface area contributed by atoms with E-state index in [1.54, 1.807) is 36.4 Å². The molecule has 130 valence electrons. The fourth-order valence-corrected chi connectivity index (χ4v) is 1.65. The number of carbonyl (C=O) groups is 1. The van der Waals surface area contributed by atoms with Crippen molar-refractivity contribution in [3.8, 4) is 5.75 Å². The largest absolute Gasteiger partial charge is 1.00 e. The zero-order chi connectivity index (χ0) is 17.2. The van der Waals surface area contributed by atoms with Crippen molar-refractivity contribution in [2.45, 2.75) is 6.10 Å². The summed E-state index contributed by atoms with van der Waals surface area (Å²) in [5, 5.41) is 9.01. The Labute approximate surface area is 150 Å². The van der Waals surface area contributed by atoms with Crippen LogP contribution in [0, 0.1) is 6.92 Å². The molecular weight excluding hydrogens is 326 g/mol. The number of rotatable bonds is 5. The van der Waals surface area contributed by atoms with E-state index in [9.17, 15) is 4.79 Å². The fourth-order valence-electron chi connectivity index (χ4n) is 1.65. The SMILES string of the molecule is CN(C)C.[CH2+]C(O)COc1ccc(C(=O)c2ccccc2)cc1.[Cl-]. The summed E-state index contributed by atoms with van der Waals surface area (Å²) < 4.78 is 5.28. The van der Waals surface area contributed by atoms with Gasteiger partial charge in [-0.3, -0.25) is 4.79 Å². The fraction of sp³-hybridized carbons (Fsp3) is 0.263. The number of benzene rings is 2. The Kier molecular flexibility index (Phi) is 10.5. The number of halogens is 1. The summed E-state index contributed by atoms with van der Waals surface area (Å²) in [5.41, 5.74) is 1.26. The van der Waals surface area contributed by atoms with Gasteiger partial charge in [-0.25, -0.2) is 0 Å². The molecule has 2 rings (SSSR count). The first kappa shape index (κ1) is 22.0. The van der Waals surface area contributed by atoms with Gasteiger partial charge < -0.3 is 27.2 Å². The van der Waals surface area contributed by atoms with Crippen molar-refractivity contribution >= 4 is 5.78 Å². The van der Waals surface area contributed by atoms with E-state index < -0.39 is 6.10 Å². The van der Waals surface area contributed by atoms with Gasteiger partial charge in [-0.05, 0) is 45.4 Å². The molecule has 0 aliphatic rings. The number of nitrogens with zero attached hydrogens (tertiary/aromatic N) is 1. The van der Waals surface area contributed by atoms with Crippen molar-refractivity contribution in [3.05, 3.63) is 72.6 Å². The molecule has 0 amide bonds. The predicted molar refractivity (Wildman–Crippen MR) is 92.8 cm³/mol. The van der Waals surface area contributed by atoms with Crippen LogP contribution in [0.4, 0.5) is 0 Å². The molecule has 2 aromatic rings. The van der Waals surface area contributed by atoms with Crippen molar-refractivity contribution in [2.75, 3.05) is 27.7 Å². The van der Waals surface area contributed by atoms with Crippen molar-refractivity contribution in [1.29, 1.82) is 0 Å². The van der Waals surface area contributed by atoms with E-state index in [1.807, 2.05) is 44.2 Å². The molecule has 24 heavy (non-hydrogen) atoms. The second kappa shape index (κ2) is 11.5. The van der Waals surface area contributed by atoms with Crippen LogP contribution in [0.3, 0.4) is 0 Å². The number of aliphatic hydroxyl groups excluding tert-OH is 1. The molecule has 0 aromatic heterocycles. The van der Waals surface area contributed by atoms with Crippen LogP contribution in [0.15, 0.2) is 54.6 Å². The van der Waals surface area contributed by atoms with Gasteiger partial charge in [0.25, 0.3) is 0 Å². The molecule has 0 fully saturated rings. The number of ether oxygens (including phenoxy) is 1. The van der Waals surface area contributed by atoms with Crippen molar-refractivity contribution in [1.82, 2.24) is 4.90 Å². The van der Waals surface area contributed by atoms with E-state index in [2.05, 4.69) is 6.92 Å². The summed E-state index contributed by atoms with van der Waals surface area (Å²) in [4.78, 5) is 14.1. The van der Waals surface area contributed by atoms with Crippen LogP contribution in [-0.4, -0.2) is 49.6 Å². The van der Waals surface area contributed by atoms with Crippen LogP contribution < -0.4 is 17.1 Å². The van der Waals surface area contributed by atoms with Crippen molar-refractivity contribution < 1.29 is 27.0 Å². The van der Waals surface area contributed by atoms with Crippen LogP contribution in [-0.2, 0) is 0 Å². The Balaban J connectivity index is 0.000000954. The molecular formula is C19H24ClNO3. The maximum Gasteiger partial charge on any atom is 0.226 e. The Bertz CT molecular complexity index is 581. The maximum absolute atomic E-state index is 12.1. The topological polar surface area (TPSA) is 49.8 Å². The van der Waals surface area contributed by atoms with Gasteiger partial charge in [0.05, 0.1) is 6.92 Å². The average Bonchev–Trinajstić information content (AvgIpc) is 2.53. The summed E-state index contributed by atoms with van der Waals surface area (Å²) >= 11 is 0. The van der Waals surface area contributed by atoms with E-state index in [-0.39, 0.29) is 24.8 Å². The van der Waals surface area contributed by atoms with E-state index in [4.69, 9.17) is 9.84 Å². The van der Waals surface area contributed by atoms with Gasteiger partial charge in [0, 0.05) is 11.1 Å². The second-order valence-corrected chi connectivity index (χ2v) is 5.53. The summed E-state index contributed by atoms with van der Waals surface area (Å²) in [7, 11) is 6.00. The van der Waals surface area contributed by atoms with Crippen LogP contribution in [0.5, 0.6) is 5.75 Å². The zero-order valence-electron chi connectivity index (χ0n) is 14.3. The quantitative estimate of drug-likeness (QED) is 0.593. The Morgan fingerprint density at radius 2 is 1.50 bits per heavy atom. The number of hydrogen-bond donors (Lipinski definition) is 1. The first-order valence-corrected chi connectivity index (χ1v) is 7.35. The van der Waals surface area contributed by atoms with Gasteiger partial charge in [-0.15, -0.1) is 0 Å². The van der Waals surface area contributed by atoms with Crippen molar-refractivity contribution in [2.24, 2.45) is 0 Å². The van der Waals surface area contributed by atoms with Gasteiger partial charge in [0.1, 0.15) is 5.75 Å². The molecule has 0 spiro atoms. The minimum absolute atomic E-state index is 0. The number of ketones is 1. The van der Waals surface area contributed by atoms with E-state index in [1.165, 1.54) is 0 Å². The molecule has 1 atom stereocenters. The molecule has 2 aromatic carbocycles. The highest BCUT2D eigenvalue weighted by molar-refractivity contribution is 6.08. The maximum atomic E-state index is 12.1. The zero-order valence-corrected chi connectivity index (χ0v) is 15.0. The molecule has 1 N–H and O–H groups in total. The second-order valence-electron chi connectivity index (χ2n) is 5.53. The summed E-state index contributed by atoms with van der Waals surface area (Å²) in [6.45, 7) is 3.55. The normalized spacial score (nSPS) is 10.9. The third-order valence-corrected chi connectivity index (χ3v) is 2.59. The van der Waals surface area contributed by atoms with Gasteiger partial charge >= 0.3 is 0 Å². The lowest BCUT2D eigenvalue weighted by Crippen LogP contribution is -3.00. The summed E-state index contributed by atoms with van der Waals surface area (Å²) in [6.07, 6.45) is -0.759. The molecule has 0 heterocycles. The average molecular weight is 350 g/mol. The van der Waals surface area contributed by atoms with E-state index in [0.717, 1.165) is 0 Å². The molecule has 0 aliphatic carbocycles. The van der Waals surface area contributed by atoms with Gasteiger partial charge in [-0.2, -0.15) is 0 Å². The molecule has 0 radical (unpaired) electrons. The Morgan fingerprint density at radius 1 is 1.04 bits per heavy atom. The van der Waals surface area contributed by atoms with E-state index in [0.29, 0.717) is 16.9 Å². The molecule has 0 saturated heterocycles. The molecule has 0 bridgehead atoms. The molecule has 5 heteroatoms. The molecule has 1 unspecified atom stereocenters. The van der Waals surface area contributed by atoms with Crippen LogP contribution in [0.2, 0.25) is 0 Å². The predicted octanol–water partition coefficient (Wildman–Crippen LogP) is -0.327. The Morgan fingerprint density at radius 3 is 1.96 bits per heavy atom. The van der Waals surface area contributed by atoms with Gasteiger partial charge in [0.15, 0.2) is 12.4 Å². The molecule has 0 saturated carbocycles. The van der Waals surface area contributed by atoms with E-state index >= 15 is 0 Å². The first-order chi connectivity index (χ1) is 10.9. The molecule has 4 nitrogen and oxygen atoms in total. The highest BCUT2D eigenvalue weighted by Crippen LogP contribution is 2.15. The lowest BCUT2D eigenvalue weighted by Gasteiger charge is -2.06.